The Morgan fingerprint density at radius 3 is 2.63 bits per heavy atom. The van der Waals surface area contributed by atoms with Crippen LogP contribution >= 0.6 is 12.6 Å². The predicted octanol–water partition coefficient (Wildman–Crippen LogP) is 2.19. The van der Waals surface area contributed by atoms with Crippen molar-refractivity contribution in [3.05, 3.63) is 35.4 Å². The summed E-state index contributed by atoms with van der Waals surface area (Å²) in [6.45, 7) is 3.78. The number of fused-ring (bicyclic) bond motifs is 3. The molecule has 0 bridgehead atoms. The van der Waals surface area contributed by atoms with E-state index in [4.69, 9.17) is 0 Å². The van der Waals surface area contributed by atoms with E-state index in [1.165, 1.54) is 4.90 Å². The second-order valence-electron chi connectivity index (χ2n) is 7.70. The molecule has 0 radical (unpaired) electrons. The fourth-order valence-electron chi connectivity index (χ4n) is 4.06. The zero-order chi connectivity index (χ0) is 19.7. The largest absolute Gasteiger partial charge is 0.480 e. The Bertz CT molecular complexity index is 751. The lowest BCUT2D eigenvalue weighted by Crippen LogP contribution is -2.56. The summed E-state index contributed by atoms with van der Waals surface area (Å²) in [4.78, 5) is 39.1. The van der Waals surface area contributed by atoms with Gasteiger partial charge < -0.3 is 15.3 Å². The van der Waals surface area contributed by atoms with Gasteiger partial charge in [0.1, 0.15) is 12.1 Å². The summed E-state index contributed by atoms with van der Waals surface area (Å²) in [6.07, 6.45) is 2.28. The summed E-state index contributed by atoms with van der Waals surface area (Å²) < 4.78 is 0. The van der Waals surface area contributed by atoms with Crippen molar-refractivity contribution >= 4 is 30.4 Å². The van der Waals surface area contributed by atoms with Gasteiger partial charge in [-0.1, -0.05) is 38.1 Å². The van der Waals surface area contributed by atoms with Crippen LogP contribution in [0.4, 0.5) is 0 Å². The van der Waals surface area contributed by atoms with Gasteiger partial charge in [0.2, 0.25) is 11.8 Å². The number of amides is 2. The van der Waals surface area contributed by atoms with E-state index in [2.05, 4.69) is 17.9 Å². The van der Waals surface area contributed by atoms with Crippen molar-refractivity contribution < 1.29 is 19.5 Å². The van der Waals surface area contributed by atoms with E-state index < -0.39 is 23.3 Å². The Morgan fingerprint density at radius 1 is 1.26 bits per heavy atom. The first-order chi connectivity index (χ1) is 12.8. The molecule has 1 aromatic rings. The fourth-order valence-corrected chi connectivity index (χ4v) is 4.13. The minimum atomic E-state index is -0.994. The van der Waals surface area contributed by atoms with Gasteiger partial charge in [-0.05, 0) is 36.3 Å². The fraction of sp³-hybridized carbons (Fsp3) is 0.550. The van der Waals surface area contributed by atoms with Gasteiger partial charge in [-0.3, -0.25) is 9.59 Å². The molecule has 2 aliphatic rings. The number of carbonyl (C=O) groups is 3. The Balaban J connectivity index is 1.98. The van der Waals surface area contributed by atoms with Crippen LogP contribution in [0, 0.1) is 5.92 Å². The van der Waals surface area contributed by atoms with Crippen molar-refractivity contribution in [3.8, 4) is 0 Å². The summed E-state index contributed by atoms with van der Waals surface area (Å²) in [5.41, 5.74) is 1.97. The molecule has 1 fully saturated rings. The van der Waals surface area contributed by atoms with Crippen LogP contribution in [0.5, 0.6) is 0 Å². The van der Waals surface area contributed by atoms with Crippen molar-refractivity contribution in [2.24, 2.45) is 5.92 Å². The number of hydrogen-bond donors (Lipinski definition) is 3. The highest BCUT2D eigenvalue weighted by molar-refractivity contribution is 7.81. The number of nitrogens with one attached hydrogen (secondary N) is 1. The SMILES string of the molecule is CC(C)C(S)C(=O)NC1Cc2ccccc2C2CCC[C@@H](C(=O)O)N2C1=O. The summed E-state index contributed by atoms with van der Waals surface area (Å²) in [6, 6.07) is 5.83. The number of rotatable bonds is 4. The minimum absolute atomic E-state index is 0.0241. The molecule has 4 atom stereocenters. The summed E-state index contributed by atoms with van der Waals surface area (Å²) in [7, 11) is 0. The third kappa shape index (κ3) is 3.83. The number of carbonyl (C=O) groups excluding carboxylic acids is 2. The standard InChI is InChI=1S/C20H26N2O4S/c1-11(2)17(27)18(23)21-14-10-12-6-3-4-7-13(12)15-8-5-9-16(20(25)26)22(15)19(14)24/h3-4,6-7,11,14-17,27H,5,8-10H2,1-2H3,(H,21,23)(H,25,26)/t14?,15?,16-,17?/m0/s1. The second-order valence-corrected chi connectivity index (χ2v) is 8.26. The molecule has 1 saturated heterocycles. The summed E-state index contributed by atoms with van der Waals surface area (Å²) >= 11 is 4.34. The van der Waals surface area contributed by atoms with E-state index in [-0.39, 0.29) is 23.8 Å². The summed E-state index contributed by atoms with van der Waals surface area (Å²) in [5.74, 6) is -1.59. The van der Waals surface area contributed by atoms with Crippen molar-refractivity contribution in [3.63, 3.8) is 0 Å². The number of piperidine rings is 1. The Kier molecular flexibility index (Phi) is 5.79. The van der Waals surface area contributed by atoms with Crippen LogP contribution in [0.25, 0.3) is 0 Å². The number of benzene rings is 1. The van der Waals surface area contributed by atoms with Crippen LogP contribution in [0.3, 0.4) is 0 Å². The molecular formula is C20H26N2O4S. The molecular weight excluding hydrogens is 364 g/mol. The zero-order valence-corrected chi connectivity index (χ0v) is 16.5. The van der Waals surface area contributed by atoms with Crippen molar-refractivity contribution in [1.29, 1.82) is 0 Å². The molecule has 2 aliphatic heterocycles. The van der Waals surface area contributed by atoms with E-state index in [1.54, 1.807) is 0 Å². The number of carboxylic acid groups (broad SMARTS) is 1. The maximum absolute atomic E-state index is 13.3. The van der Waals surface area contributed by atoms with Crippen molar-refractivity contribution in [2.45, 2.75) is 62.9 Å². The van der Waals surface area contributed by atoms with Crippen LogP contribution in [0.15, 0.2) is 24.3 Å². The van der Waals surface area contributed by atoms with Gasteiger partial charge in [0, 0.05) is 6.42 Å². The third-order valence-corrected chi connectivity index (χ3v) is 6.35. The van der Waals surface area contributed by atoms with E-state index >= 15 is 0 Å². The van der Waals surface area contributed by atoms with E-state index in [0.717, 1.165) is 24.0 Å². The predicted molar refractivity (Wildman–Crippen MR) is 105 cm³/mol. The maximum Gasteiger partial charge on any atom is 0.326 e. The molecule has 27 heavy (non-hydrogen) atoms. The van der Waals surface area contributed by atoms with Crippen LogP contribution in [-0.4, -0.2) is 45.1 Å². The molecule has 2 N–H and O–H groups in total. The third-order valence-electron chi connectivity index (χ3n) is 5.52. The number of carboxylic acids is 1. The first-order valence-electron chi connectivity index (χ1n) is 9.42. The highest BCUT2D eigenvalue weighted by Crippen LogP contribution is 2.39. The van der Waals surface area contributed by atoms with Crippen LogP contribution < -0.4 is 5.32 Å². The number of hydrogen-bond acceptors (Lipinski definition) is 4. The quantitative estimate of drug-likeness (QED) is 0.688. The lowest BCUT2D eigenvalue weighted by Gasteiger charge is -2.40. The highest BCUT2D eigenvalue weighted by atomic mass is 32.1. The second kappa shape index (κ2) is 7.92. The smallest absolute Gasteiger partial charge is 0.326 e. The monoisotopic (exact) mass is 390 g/mol. The Hall–Kier alpha value is -2.02. The van der Waals surface area contributed by atoms with Crippen LogP contribution in [-0.2, 0) is 20.8 Å². The number of thiol groups is 1. The minimum Gasteiger partial charge on any atom is -0.480 e. The van der Waals surface area contributed by atoms with Crippen LogP contribution in [0.1, 0.15) is 50.3 Å². The lowest BCUT2D eigenvalue weighted by atomic mass is 9.89. The lowest BCUT2D eigenvalue weighted by molar-refractivity contribution is -0.156. The van der Waals surface area contributed by atoms with E-state index in [9.17, 15) is 19.5 Å². The maximum atomic E-state index is 13.3. The van der Waals surface area contributed by atoms with Gasteiger partial charge in [0.25, 0.3) is 0 Å². The van der Waals surface area contributed by atoms with Gasteiger partial charge >= 0.3 is 5.97 Å². The topological polar surface area (TPSA) is 86.7 Å². The number of nitrogens with zero attached hydrogens (tertiary/aromatic N) is 1. The molecule has 0 saturated carbocycles. The molecule has 7 heteroatoms. The molecule has 2 amide bonds. The molecule has 0 aliphatic carbocycles. The first kappa shape index (κ1) is 19.7. The van der Waals surface area contributed by atoms with E-state index in [0.29, 0.717) is 12.8 Å². The molecule has 0 aromatic heterocycles. The molecule has 1 aromatic carbocycles. The highest BCUT2D eigenvalue weighted by Gasteiger charge is 2.44. The molecule has 0 spiro atoms. The van der Waals surface area contributed by atoms with Gasteiger partial charge in [-0.2, -0.15) is 12.6 Å². The van der Waals surface area contributed by atoms with Gasteiger partial charge in [-0.15, -0.1) is 0 Å². The molecule has 2 heterocycles. The van der Waals surface area contributed by atoms with Gasteiger partial charge in [0.05, 0.1) is 11.3 Å². The molecule has 6 nitrogen and oxygen atoms in total. The molecule has 146 valence electrons. The van der Waals surface area contributed by atoms with Crippen molar-refractivity contribution in [2.75, 3.05) is 0 Å². The normalized spacial score (nSPS) is 26.0. The van der Waals surface area contributed by atoms with E-state index in [1.807, 2.05) is 38.1 Å². The van der Waals surface area contributed by atoms with Gasteiger partial charge in [-0.25, -0.2) is 4.79 Å². The van der Waals surface area contributed by atoms with Gasteiger partial charge in [0.15, 0.2) is 0 Å². The summed E-state index contributed by atoms with van der Waals surface area (Å²) in [5, 5.41) is 12.0. The first-order valence-corrected chi connectivity index (χ1v) is 9.94. The average Bonchev–Trinajstić information content (AvgIpc) is 2.76. The average molecular weight is 391 g/mol. The Labute approximate surface area is 164 Å². The molecule has 3 unspecified atom stereocenters. The Morgan fingerprint density at radius 2 is 1.96 bits per heavy atom. The zero-order valence-electron chi connectivity index (χ0n) is 15.6. The van der Waals surface area contributed by atoms with Crippen LogP contribution in [0.2, 0.25) is 0 Å². The number of aliphatic carboxylic acids is 1. The molecule has 3 rings (SSSR count). The van der Waals surface area contributed by atoms with Crippen molar-refractivity contribution in [1.82, 2.24) is 10.2 Å².